The Morgan fingerprint density at radius 3 is 2.73 bits per heavy atom. The number of fused-ring (bicyclic) bond motifs is 3. The number of hydrogen-bond acceptors (Lipinski definition) is 9. The fourth-order valence-electron chi connectivity index (χ4n) is 4.84. The molecule has 5 rings (SSSR count). The van der Waals surface area contributed by atoms with Crippen LogP contribution in [0, 0.1) is 0 Å². The van der Waals surface area contributed by atoms with Crippen LogP contribution >= 0.6 is 11.6 Å². The molecule has 1 aliphatic heterocycles. The summed E-state index contributed by atoms with van der Waals surface area (Å²) in [6, 6.07) is 11.0. The summed E-state index contributed by atoms with van der Waals surface area (Å²) in [6.45, 7) is 5.45. The van der Waals surface area contributed by atoms with Gasteiger partial charge in [0.1, 0.15) is 10.8 Å². The monoisotopic (exact) mass is 540 g/mol. The second kappa shape index (κ2) is 9.50. The molecule has 37 heavy (non-hydrogen) atoms. The van der Waals surface area contributed by atoms with E-state index < -0.39 is 15.1 Å². The lowest BCUT2D eigenvalue weighted by molar-refractivity contribution is 0.336. The van der Waals surface area contributed by atoms with Crippen LogP contribution in [-0.4, -0.2) is 43.1 Å². The van der Waals surface area contributed by atoms with Crippen LogP contribution in [-0.2, 0) is 21.8 Å². The molecular weight excluding hydrogens is 512 g/mol. The number of methoxy groups -OCH3 is 1. The lowest BCUT2D eigenvalue weighted by Crippen LogP contribution is -2.46. The normalized spacial score (nSPS) is 20.2. The molecule has 2 heterocycles. The van der Waals surface area contributed by atoms with Crippen molar-refractivity contribution in [2.24, 2.45) is 4.99 Å². The zero-order valence-electron chi connectivity index (χ0n) is 21.0. The van der Waals surface area contributed by atoms with Crippen LogP contribution in [0.25, 0.3) is 0 Å². The van der Waals surface area contributed by atoms with Gasteiger partial charge < -0.3 is 20.7 Å². The first-order valence-electron chi connectivity index (χ1n) is 12.0. The Morgan fingerprint density at radius 1 is 1.19 bits per heavy atom. The van der Waals surface area contributed by atoms with Gasteiger partial charge in [-0.25, -0.2) is 13.4 Å². The number of aromatic nitrogens is 2. The van der Waals surface area contributed by atoms with Gasteiger partial charge in [-0.05, 0) is 69.0 Å². The summed E-state index contributed by atoms with van der Waals surface area (Å²) in [5.41, 5.74) is 3.20. The molecule has 0 amide bonds. The minimum Gasteiger partial charge on any atom is -0.495 e. The number of aliphatic imine (C=N–C) groups is 1. The highest BCUT2D eigenvalue weighted by atomic mass is 35.5. The van der Waals surface area contributed by atoms with E-state index in [-0.39, 0.29) is 33.3 Å². The third kappa shape index (κ3) is 4.48. The number of halogens is 1. The van der Waals surface area contributed by atoms with Gasteiger partial charge in [-0.1, -0.05) is 23.7 Å². The average molecular weight is 541 g/mol. The van der Waals surface area contributed by atoms with Crippen LogP contribution in [0.3, 0.4) is 0 Å². The summed E-state index contributed by atoms with van der Waals surface area (Å²) in [6.07, 6.45) is 5.10. The van der Waals surface area contributed by atoms with E-state index in [0.717, 1.165) is 24.1 Å². The molecule has 0 bridgehead atoms. The van der Waals surface area contributed by atoms with E-state index in [4.69, 9.17) is 16.3 Å². The highest BCUT2D eigenvalue weighted by Gasteiger charge is 2.43. The maximum Gasteiger partial charge on any atom is 0.229 e. The molecule has 0 saturated carbocycles. The average Bonchev–Trinajstić information content (AvgIpc) is 3.27. The predicted molar refractivity (Wildman–Crippen MR) is 146 cm³/mol. The molecule has 1 aliphatic carbocycles. The Bertz CT molecular complexity index is 1490. The van der Waals surface area contributed by atoms with Gasteiger partial charge in [-0.3, -0.25) is 4.99 Å². The van der Waals surface area contributed by atoms with Crippen molar-refractivity contribution in [1.29, 1.82) is 0 Å². The molecule has 1 aromatic heterocycles. The number of sulfone groups is 1. The van der Waals surface area contributed by atoms with Crippen molar-refractivity contribution >= 4 is 50.9 Å². The van der Waals surface area contributed by atoms with Crippen molar-refractivity contribution in [3.05, 3.63) is 58.7 Å². The first-order chi connectivity index (χ1) is 17.6. The fraction of sp³-hybridized carbons (Fsp3) is 0.346. The summed E-state index contributed by atoms with van der Waals surface area (Å²) in [7, 11) is -1.90. The largest absolute Gasteiger partial charge is 0.495 e. The number of anilines is 4. The Hall–Kier alpha value is -3.37. The molecule has 3 aromatic rings. The number of aryl methyl sites for hydroxylation is 1. The zero-order valence-corrected chi connectivity index (χ0v) is 22.6. The van der Waals surface area contributed by atoms with Crippen LogP contribution < -0.4 is 20.7 Å². The quantitative estimate of drug-likeness (QED) is 0.384. The van der Waals surface area contributed by atoms with E-state index in [1.54, 1.807) is 51.6 Å². The molecular formula is C26H29ClN6O3S. The molecule has 2 aromatic carbocycles. The topological polar surface area (TPSA) is 118 Å². The van der Waals surface area contributed by atoms with Gasteiger partial charge >= 0.3 is 0 Å². The van der Waals surface area contributed by atoms with Crippen LogP contribution in [0.15, 0.2) is 52.5 Å². The number of para-hydroxylation sites is 1. The molecule has 0 spiro atoms. The number of nitrogens with one attached hydrogen (secondary N) is 3. The van der Waals surface area contributed by atoms with Gasteiger partial charge in [0.25, 0.3) is 0 Å². The third-order valence-electron chi connectivity index (χ3n) is 7.02. The lowest BCUT2D eigenvalue weighted by atomic mass is 9.75. The summed E-state index contributed by atoms with van der Waals surface area (Å²) < 4.78 is 31.5. The summed E-state index contributed by atoms with van der Waals surface area (Å²) >= 11 is 6.39. The number of nitrogens with zero attached hydrogens (tertiary/aromatic N) is 3. The predicted octanol–water partition coefficient (Wildman–Crippen LogP) is 4.97. The molecule has 0 radical (unpaired) electrons. The number of ether oxygens (including phenoxy) is 1. The molecule has 3 N–H and O–H groups in total. The van der Waals surface area contributed by atoms with Crippen molar-refractivity contribution < 1.29 is 13.2 Å². The van der Waals surface area contributed by atoms with Gasteiger partial charge in [0.2, 0.25) is 5.95 Å². The second-order valence-electron chi connectivity index (χ2n) is 9.62. The van der Waals surface area contributed by atoms with Crippen LogP contribution in [0.5, 0.6) is 5.75 Å². The van der Waals surface area contributed by atoms with E-state index in [1.807, 2.05) is 6.07 Å². The summed E-state index contributed by atoms with van der Waals surface area (Å²) in [5.74, 6) is 1.22. The van der Waals surface area contributed by atoms with E-state index in [2.05, 4.69) is 43.9 Å². The molecule has 2 atom stereocenters. The molecule has 0 saturated heterocycles. The highest BCUT2D eigenvalue weighted by molar-refractivity contribution is 7.92. The van der Waals surface area contributed by atoms with Gasteiger partial charge in [-0.15, -0.1) is 0 Å². The van der Waals surface area contributed by atoms with Crippen LogP contribution in [0.1, 0.15) is 38.3 Å². The maximum atomic E-state index is 12.9. The zero-order chi connectivity index (χ0) is 26.4. The maximum absolute atomic E-state index is 12.9. The molecule has 194 valence electrons. The van der Waals surface area contributed by atoms with Crippen molar-refractivity contribution in [3.8, 4) is 5.75 Å². The van der Waals surface area contributed by atoms with Crippen molar-refractivity contribution in [3.63, 3.8) is 0 Å². The Kier molecular flexibility index (Phi) is 6.49. The first kappa shape index (κ1) is 25.3. The van der Waals surface area contributed by atoms with E-state index in [1.165, 1.54) is 11.8 Å². The van der Waals surface area contributed by atoms with Crippen molar-refractivity contribution in [2.45, 2.75) is 55.3 Å². The van der Waals surface area contributed by atoms with Gasteiger partial charge in [0.15, 0.2) is 15.7 Å². The standard InChI is InChI=1S/C26H29ClN6O3S/c1-15(2)37(34,35)22-8-6-5-7-19(22)31-24-18(27)13-28-25(33-24)32-20-11-16-9-10-23-26(3,30-14-29-23)17(16)12-21(20)36-4/h5-8,11-15,23H,9-10H2,1-4H3,(H,29,30)(H2,28,31,32,33). The van der Waals surface area contributed by atoms with E-state index in [9.17, 15) is 8.42 Å². The molecule has 0 fully saturated rings. The van der Waals surface area contributed by atoms with Gasteiger partial charge in [0.05, 0.1) is 52.7 Å². The Morgan fingerprint density at radius 2 is 1.97 bits per heavy atom. The van der Waals surface area contributed by atoms with Crippen LogP contribution in [0.2, 0.25) is 5.02 Å². The molecule has 11 heteroatoms. The van der Waals surface area contributed by atoms with Crippen LogP contribution in [0.4, 0.5) is 23.1 Å². The Balaban J connectivity index is 1.47. The first-order valence-corrected chi connectivity index (χ1v) is 14.0. The minimum atomic E-state index is -3.52. The Labute approximate surface area is 221 Å². The number of hydrogen-bond donors (Lipinski definition) is 3. The molecule has 2 aliphatic rings. The number of rotatable bonds is 7. The summed E-state index contributed by atoms with van der Waals surface area (Å²) in [4.78, 5) is 13.6. The van der Waals surface area contributed by atoms with Crippen molar-refractivity contribution in [1.82, 2.24) is 15.3 Å². The van der Waals surface area contributed by atoms with Crippen molar-refractivity contribution in [2.75, 3.05) is 17.7 Å². The van der Waals surface area contributed by atoms with E-state index in [0.29, 0.717) is 11.4 Å². The van der Waals surface area contributed by atoms with E-state index >= 15 is 0 Å². The SMILES string of the molecule is COc1cc2c(cc1Nc1ncc(Cl)c(Nc3ccccc3S(=O)(=O)C(C)C)n1)CCC1N=CNC21C. The smallest absolute Gasteiger partial charge is 0.229 e. The highest BCUT2D eigenvalue weighted by Crippen LogP contribution is 2.43. The van der Waals surface area contributed by atoms with Gasteiger partial charge in [-0.2, -0.15) is 4.98 Å². The third-order valence-corrected chi connectivity index (χ3v) is 9.50. The molecule has 2 unspecified atom stereocenters. The fourth-order valence-corrected chi connectivity index (χ4v) is 6.18. The lowest BCUT2D eigenvalue weighted by Gasteiger charge is -2.37. The summed E-state index contributed by atoms with van der Waals surface area (Å²) in [5, 5.41) is 9.42. The van der Waals surface area contributed by atoms with Gasteiger partial charge in [0, 0.05) is 0 Å². The minimum absolute atomic E-state index is 0.182. The second-order valence-corrected chi connectivity index (χ2v) is 12.5. The number of benzene rings is 2. The molecule has 9 nitrogen and oxygen atoms in total.